The Morgan fingerprint density at radius 3 is 2.24 bits per heavy atom. The summed E-state index contributed by atoms with van der Waals surface area (Å²) in [6.07, 6.45) is 3.25. The molecule has 0 saturated carbocycles. The maximum absolute atomic E-state index is 12.9. The minimum atomic E-state index is -3.87. The summed E-state index contributed by atoms with van der Waals surface area (Å²) in [6, 6.07) is 12.9. The fourth-order valence-electron chi connectivity index (χ4n) is 3.78. The number of carbonyl (C=O) groups excluding carboxylic acids is 2. The molecule has 1 N–H and O–H groups in total. The van der Waals surface area contributed by atoms with Crippen molar-refractivity contribution in [3.05, 3.63) is 54.1 Å². The van der Waals surface area contributed by atoms with Crippen LogP contribution in [-0.2, 0) is 14.8 Å². The van der Waals surface area contributed by atoms with Crippen molar-refractivity contribution in [3.63, 3.8) is 0 Å². The molecule has 2 fully saturated rings. The van der Waals surface area contributed by atoms with Crippen LogP contribution < -0.4 is 9.62 Å². The number of nitrogens with one attached hydrogen (secondary N) is 1. The number of carbonyl (C=O) groups is 2. The molecular weight excluding hydrogens is 390 g/mol. The van der Waals surface area contributed by atoms with Crippen LogP contribution in [-0.4, -0.2) is 44.8 Å². The first-order valence-electron chi connectivity index (χ1n) is 9.77. The smallest absolute Gasteiger partial charge is 0.261 e. The number of sulfonamides is 1. The van der Waals surface area contributed by atoms with E-state index in [1.165, 1.54) is 12.1 Å². The molecule has 0 radical (unpaired) electrons. The summed E-state index contributed by atoms with van der Waals surface area (Å²) >= 11 is 0. The molecule has 2 aliphatic rings. The zero-order chi connectivity index (χ0) is 20.4. The van der Waals surface area contributed by atoms with Gasteiger partial charge in [-0.05, 0) is 55.7 Å². The van der Waals surface area contributed by atoms with Gasteiger partial charge in [0, 0.05) is 31.7 Å². The van der Waals surface area contributed by atoms with Crippen LogP contribution in [0, 0.1) is 0 Å². The Morgan fingerprint density at radius 1 is 0.897 bits per heavy atom. The number of benzene rings is 2. The molecule has 2 aromatic carbocycles. The Balaban J connectivity index is 1.56. The summed E-state index contributed by atoms with van der Waals surface area (Å²) in [6.45, 7) is 2.03. The first kappa shape index (κ1) is 19.4. The second-order valence-corrected chi connectivity index (χ2v) is 8.98. The molecule has 0 spiro atoms. The first-order valence-corrected chi connectivity index (χ1v) is 11.3. The minimum absolute atomic E-state index is 0.0492. The third kappa shape index (κ3) is 3.98. The van der Waals surface area contributed by atoms with Crippen LogP contribution >= 0.6 is 0 Å². The molecule has 0 aromatic heterocycles. The zero-order valence-corrected chi connectivity index (χ0v) is 16.8. The third-order valence-electron chi connectivity index (χ3n) is 5.33. The van der Waals surface area contributed by atoms with Crippen molar-refractivity contribution < 1.29 is 18.0 Å². The normalized spacial score (nSPS) is 17.0. The molecule has 8 heteroatoms. The molecule has 0 aliphatic carbocycles. The highest BCUT2D eigenvalue weighted by Crippen LogP contribution is 2.26. The van der Waals surface area contributed by atoms with E-state index in [2.05, 4.69) is 4.72 Å². The van der Waals surface area contributed by atoms with Crippen molar-refractivity contribution in [2.75, 3.05) is 29.3 Å². The standard InChI is InChI=1S/C21H23N3O4S/c25-20-8-5-15-24(20)16-9-11-17(12-10-16)29(27,28)22-19-7-2-1-6-18(19)21(26)23-13-3-4-14-23/h1-2,6-7,9-12,22H,3-5,8,13-15H2. The van der Waals surface area contributed by atoms with Crippen molar-refractivity contribution >= 4 is 33.2 Å². The minimum Gasteiger partial charge on any atom is -0.339 e. The molecule has 4 rings (SSSR count). The third-order valence-corrected chi connectivity index (χ3v) is 6.71. The number of para-hydroxylation sites is 1. The number of hydrogen-bond donors (Lipinski definition) is 1. The van der Waals surface area contributed by atoms with Crippen LogP contribution in [0.4, 0.5) is 11.4 Å². The highest BCUT2D eigenvalue weighted by atomic mass is 32.2. The van der Waals surface area contributed by atoms with E-state index in [0.717, 1.165) is 19.3 Å². The molecule has 0 unspecified atom stereocenters. The molecule has 2 saturated heterocycles. The van der Waals surface area contributed by atoms with Crippen LogP contribution in [0.2, 0.25) is 0 Å². The van der Waals surface area contributed by atoms with E-state index in [1.54, 1.807) is 46.2 Å². The predicted octanol–water partition coefficient (Wildman–Crippen LogP) is 2.85. The first-order chi connectivity index (χ1) is 14.0. The van der Waals surface area contributed by atoms with E-state index in [4.69, 9.17) is 0 Å². The lowest BCUT2D eigenvalue weighted by Crippen LogP contribution is -2.28. The number of likely N-dealkylation sites (tertiary alicyclic amines) is 1. The highest BCUT2D eigenvalue weighted by molar-refractivity contribution is 7.92. The van der Waals surface area contributed by atoms with Crippen LogP contribution in [0.3, 0.4) is 0 Å². The Kier molecular flexibility index (Phi) is 5.27. The van der Waals surface area contributed by atoms with Crippen LogP contribution in [0.5, 0.6) is 0 Å². The lowest BCUT2D eigenvalue weighted by Gasteiger charge is -2.19. The van der Waals surface area contributed by atoms with Crippen molar-refractivity contribution in [2.45, 2.75) is 30.6 Å². The molecule has 2 amide bonds. The second kappa shape index (κ2) is 7.87. The zero-order valence-electron chi connectivity index (χ0n) is 16.0. The molecule has 29 heavy (non-hydrogen) atoms. The Morgan fingerprint density at radius 2 is 1.59 bits per heavy atom. The van der Waals surface area contributed by atoms with Gasteiger partial charge in [0.2, 0.25) is 5.91 Å². The van der Waals surface area contributed by atoms with Gasteiger partial charge in [-0.15, -0.1) is 0 Å². The van der Waals surface area contributed by atoms with Gasteiger partial charge in [0.15, 0.2) is 0 Å². The van der Waals surface area contributed by atoms with E-state index in [1.807, 2.05) is 0 Å². The topological polar surface area (TPSA) is 86.8 Å². The molecule has 152 valence electrons. The largest absolute Gasteiger partial charge is 0.339 e. The van der Waals surface area contributed by atoms with Crippen LogP contribution in [0.15, 0.2) is 53.4 Å². The predicted molar refractivity (Wildman–Crippen MR) is 110 cm³/mol. The van der Waals surface area contributed by atoms with E-state index in [0.29, 0.717) is 37.3 Å². The average molecular weight is 413 g/mol. The monoisotopic (exact) mass is 413 g/mol. The van der Waals surface area contributed by atoms with Gasteiger partial charge in [-0.25, -0.2) is 8.42 Å². The summed E-state index contributed by atoms with van der Waals surface area (Å²) in [5.74, 6) is -0.114. The maximum atomic E-state index is 12.9. The molecule has 2 aliphatic heterocycles. The van der Waals surface area contributed by atoms with Crippen molar-refractivity contribution in [2.24, 2.45) is 0 Å². The van der Waals surface area contributed by atoms with Gasteiger partial charge in [-0.3, -0.25) is 14.3 Å². The van der Waals surface area contributed by atoms with E-state index < -0.39 is 10.0 Å². The second-order valence-electron chi connectivity index (χ2n) is 7.29. The van der Waals surface area contributed by atoms with Crippen molar-refractivity contribution in [1.82, 2.24) is 4.90 Å². The molecule has 7 nitrogen and oxygen atoms in total. The highest BCUT2D eigenvalue weighted by Gasteiger charge is 2.25. The summed E-state index contributed by atoms with van der Waals surface area (Å²) < 4.78 is 28.3. The van der Waals surface area contributed by atoms with Crippen molar-refractivity contribution in [3.8, 4) is 0 Å². The number of anilines is 2. The number of hydrogen-bond acceptors (Lipinski definition) is 4. The lowest BCUT2D eigenvalue weighted by molar-refractivity contribution is -0.117. The van der Waals surface area contributed by atoms with E-state index in [9.17, 15) is 18.0 Å². The SMILES string of the molecule is O=C(c1ccccc1NS(=O)(=O)c1ccc(N2CCCC2=O)cc1)N1CCCC1. The van der Waals surface area contributed by atoms with E-state index >= 15 is 0 Å². The van der Waals surface area contributed by atoms with Gasteiger partial charge in [0.05, 0.1) is 16.1 Å². The van der Waals surface area contributed by atoms with Gasteiger partial charge in [0.25, 0.3) is 15.9 Å². The number of amides is 2. The quantitative estimate of drug-likeness (QED) is 0.817. The van der Waals surface area contributed by atoms with Crippen molar-refractivity contribution in [1.29, 1.82) is 0 Å². The fourth-order valence-corrected chi connectivity index (χ4v) is 4.86. The molecular formula is C21H23N3O4S. The summed E-state index contributed by atoms with van der Waals surface area (Å²) in [5, 5.41) is 0. The van der Waals surface area contributed by atoms with Crippen LogP contribution in [0.1, 0.15) is 36.0 Å². The summed E-state index contributed by atoms with van der Waals surface area (Å²) in [5.41, 5.74) is 1.30. The van der Waals surface area contributed by atoms with Gasteiger partial charge in [0.1, 0.15) is 0 Å². The lowest BCUT2D eigenvalue weighted by atomic mass is 10.1. The Bertz CT molecular complexity index is 1030. The average Bonchev–Trinajstić information content (AvgIpc) is 3.40. The molecule has 0 atom stereocenters. The number of nitrogens with zero attached hydrogens (tertiary/aromatic N) is 2. The summed E-state index contributed by atoms with van der Waals surface area (Å²) in [4.78, 5) is 28.1. The van der Waals surface area contributed by atoms with Gasteiger partial charge in [-0.2, -0.15) is 0 Å². The Labute approximate surface area is 170 Å². The molecule has 2 aromatic rings. The van der Waals surface area contributed by atoms with Gasteiger partial charge < -0.3 is 9.80 Å². The van der Waals surface area contributed by atoms with Gasteiger partial charge >= 0.3 is 0 Å². The molecule has 2 heterocycles. The maximum Gasteiger partial charge on any atom is 0.261 e. The van der Waals surface area contributed by atoms with Crippen LogP contribution in [0.25, 0.3) is 0 Å². The van der Waals surface area contributed by atoms with E-state index in [-0.39, 0.29) is 22.4 Å². The Hall–Kier alpha value is -2.87. The van der Waals surface area contributed by atoms with Gasteiger partial charge in [-0.1, -0.05) is 12.1 Å². The molecule has 0 bridgehead atoms. The fraction of sp³-hybridized carbons (Fsp3) is 0.333. The number of rotatable bonds is 5. The summed E-state index contributed by atoms with van der Waals surface area (Å²) in [7, 11) is -3.87.